The SMILES string of the molecule is NC1=CC=COC1.O=C(O)C(F)(F)F. The van der Waals surface area contributed by atoms with Crippen LogP contribution in [0.4, 0.5) is 13.2 Å². The van der Waals surface area contributed by atoms with Crippen molar-refractivity contribution in [1.82, 2.24) is 0 Å². The van der Waals surface area contributed by atoms with Gasteiger partial charge in [0.05, 0.1) is 6.26 Å². The van der Waals surface area contributed by atoms with Crippen LogP contribution in [0.1, 0.15) is 0 Å². The average Bonchev–Trinajstić information content (AvgIpc) is 2.04. The van der Waals surface area contributed by atoms with Crippen LogP contribution in [0.5, 0.6) is 0 Å². The van der Waals surface area contributed by atoms with Crippen LogP contribution in [-0.2, 0) is 9.53 Å². The van der Waals surface area contributed by atoms with Crippen molar-refractivity contribution in [3.8, 4) is 0 Å². The monoisotopic (exact) mass is 211 g/mol. The number of carbonyl (C=O) groups is 1. The maximum Gasteiger partial charge on any atom is 0.490 e. The van der Waals surface area contributed by atoms with E-state index in [-0.39, 0.29) is 0 Å². The Morgan fingerprint density at radius 3 is 2.21 bits per heavy atom. The molecule has 0 saturated heterocycles. The van der Waals surface area contributed by atoms with Crippen LogP contribution in [-0.4, -0.2) is 23.9 Å². The highest BCUT2D eigenvalue weighted by Crippen LogP contribution is 2.13. The van der Waals surface area contributed by atoms with Crippen LogP contribution in [0.3, 0.4) is 0 Å². The number of rotatable bonds is 0. The van der Waals surface area contributed by atoms with E-state index in [2.05, 4.69) is 0 Å². The fraction of sp³-hybridized carbons (Fsp3) is 0.286. The van der Waals surface area contributed by atoms with E-state index in [1.807, 2.05) is 6.08 Å². The molecule has 0 saturated carbocycles. The molecule has 7 heteroatoms. The summed E-state index contributed by atoms with van der Waals surface area (Å²) in [5, 5.41) is 7.12. The lowest BCUT2D eigenvalue weighted by Crippen LogP contribution is -2.21. The zero-order valence-electron chi connectivity index (χ0n) is 6.91. The number of ether oxygens (including phenoxy) is 1. The molecule has 80 valence electrons. The molecule has 1 heterocycles. The molecule has 0 aromatic rings. The Bertz CT molecular complexity index is 257. The van der Waals surface area contributed by atoms with Gasteiger partial charge in [-0.3, -0.25) is 0 Å². The molecule has 0 aromatic heterocycles. The van der Waals surface area contributed by atoms with Crippen molar-refractivity contribution in [2.45, 2.75) is 6.18 Å². The largest absolute Gasteiger partial charge is 0.495 e. The summed E-state index contributed by atoms with van der Waals surface area (Å²) in [7, 11) is 0. The predicted octanol–water partition coefficient (Wildman–Crippen LogP) is 1.01. The van der Waals surface area contributed by atoms with E-state index < -0.39 is 12.1 Å². The highest BCUT2D eigenvalue weighted by atomic mass is 19.4. The minimum Gasteiger partial charge on any atom is -0.495 e. The minimum atomic E-state index is -5.08. The molecule has 0 bridgehead atoms. The van der Waals surface area contributed by atoms with Crippen molar-refractivity contribution < 1.29 is 27.8 Å². The number of halogens is 3. The number of carboxylic acids is 1. The van der Waals surface area contributed by atoms with Crippen molar-refractivity contribution in [2.75, 3.05) is 6.61 Å². The Balaban J connectivity index is 0.000000241. The Kier molecular flexibility index (Phi) is 4.54. The molecule has 1 aliphatic rings. The summed E-state index contributed by atoms with van der Waals surface area (Å²) >= 11 is 0. The molecule has 14 heavy (non-hydrogen) atoms. The summed E-state index contributed by atoms with van der Waals surface area (Å²) in [5.41, 5.74) is 6.10. The van der Waals surface area contributed by atoms with E-state index in [0.717, 1.165) is 5.70 Å². The Labute approximate surface area is 77.5 Å². The molecule has 0 amide bonds. The number of alkyl halides is 3. The van der Waals surface area contributed by atoms with E-state index in [1.165, 1.54) is 0 Å². The maximum atomic E-state index is 10.6. The van der Waals surface area contributed by atoms with Crippen LogP contribution < -0.4 is 5.73 Å². The van der Waals surface area contributed by atoms with Crippen LogP contribution >= 0.6 is 0 Å². The molecular formula is C7H8F3NO3. The first-order valence-corrected chi connectivity index (χ1v) is 3.37. The van der Waals surface area contributed by atoms with Gasteiger partial charge < -0.3 is 15.6 Å². The van der Waals surface area contributed by atoms with Crippen LogP contribution in [0.2, 0.25) is 0 Å². The second kappa shape index (κ2) is 5.15. The summed E-state index contributed by atoms with van der Waals surface area (Å²) < 4.78 is 36.5. The number of hydrogen-bond donors (Lipinski definition) is 2. The molecule has 0 radical (unpaired) electrons. The number of nitrogens with two attached hydrogens (primary N) is 1. The number of allylic oxidation sites excluding steroid dienone is 2. The van der Waals surface area contributed by atoms with Crippen molar-refractivity contribution >= 4 is 5.97 Å². The summed E-state index contributed by atoms with van der Waals surface area (Å²) in [6.45, 7) is 0.538. The summed E-state index contributed by atoms with van der Waals surface area (Å²) in [6, 6.07) is 0. The molecule has 0 aliphatic carbocycles. The van der Waals surface area contributed by atoms with Crippen molar-refractivity contribution in [1.29, 1.82) is 0 Å². The van der Waals surface area contributed by atoms with E-state index in [9.17, 15) is 13.2 Å². The average molecular weight is 211 g/mol. The van der Waals surface area contributed by atoms with Crippen molar-refractivity contribution in [3.63, 3.8) is 0 Å². The minimum absolute atomic E-state index is 0.538. The standard InChI is InChI=1S/C5H7NO.C2HF3O2/c6-5-2-1-3-7-4-5;3-2(4,5)1(6)7/h1-3H,4,6H2;(H,6,7). The third-order valence-corrected chi connectivity index (χ3v) is 0.978. The molecular weight excluding hydrogens is 203 g/mol. The molecule has 1 aliphatic heterocycles. The van der Waals surface area contributed by atoms with Gasteiger partial charge in [-0.25, -0.2) is 4.79 Å². The van der Waals surface area contributed by atoms with Crippen LogP contribution in [0, 0.1) is 0 Å². The first kappa shape index (κ1) is 12.3. The van der Waals surface area contributed by atoms with Gasteiger partial charge in [0.2, 0.25) is 0 Å². The van der Waals surface area contributed by atoms with Gasteiger partial charge in [-0.2, -0.15) is 13.2 Å². The highest BCUT2D eigenvalue weighted by molar-refractivity contribution is 5.73. The Hall–Kier alpha value is -1.66. The van der Waals surface area contributed by atoms with Crippen LogP contribution in [0.25, 0.3) is 0 Å². The van der Waals surface area contributed by atoms with E-state index in [4.69, 9.17) is 20.4 Å². The van der Waals surface area contributed by atoms with Crippen molar-refractivity contribution in [2.24, 2.45) is 5.73 Å². The normalized spacial score (nSPS) is 14.6. The third-order valence-electron chi connectivity index (χ3n) is 0.978. The van der Waals surface area contributed by atoms with Gasteiger partial charge in [0.15, 0.2) is 0 Å². The zero-order chi connectivity index (χ0) is 11.2. The molecule has 0 aromatic carbocycles. The lowest BCUT2D eigenvalue weighted by atomic mass is 10.4. The molecule has 0 unspecified atom stereocenters. The predicted molar refractivity (Wildman–Crippen MR) is 41.1 cm³/mol. The Morgan fingerprint density at radius 1 is 1.57 bits per heavy atom. The summed E-state index contributed by atoms with van der Waals surface area (Å²) in [4.78, 5) is 8.90. The molecule has 3 N–H and O–H groups in total. The first-order valence-electron chi connectivity index (χ1n) is 3.37. The smallest absolute Gasteiger partial charge is 0.490 e. The topological polar surface area (TPSA) is 72.5 Å². The lowest BCUT2D eigenvalue weighted by Gasteiger charge is -2.02. The molecule has 0 spiro atoms. The van der Waals surface area contributed by atoms with Crippen LogP contribution in [0.15, 0.2) is 24.1 Å². The van der Waals surface area contributed by atoms with Gasteiger partial charge in [-0.05, 0) is 12.2 Å². The number of carboxylic acid groups (broad SMARTS) is 1. The van der Waals surface area contributed by atoms with Gasteiger partial charge in [-0.1, -0.05) is 0 Å². The van der Waals surface area contributed by atoms with E-state index in [1.54, 1.807) is 12.3 Å². The van der Waals surface area contributed by atoms with Gasteiger partial charge in [0, 0.05) is 5.70 Å². The molecule has 0 atom stereocenters. The van der Waals surface area contributed by atoms with Gasteiger partial charge in [0.25, 0.3) is 0 Å². The molecule has 4 nitrogen and oxygen atoms in total. The Morgan fingerprint density at radius 2 is 2.07 bits per heavy atom. The lowest BCUT2D eigenvalue weighted by molar-refractivity contribution is -0.192. The zero-order valence-corrected chi connectivity index (χ0v) is 6.91. The number of hydrogen-bond acceptors (Lipinski definition) is 3. The van der Waals surface area contributed by atoms with Gasteiger partial charge >= 0.3 is 12.1 Å². The molecule has 0 fully saturated rings. The summed E-state index contributed by atoms with van der Waals surface area (Å²) in [5.74, 6) is -2.76. The fourth-order valence-electron chi connectivity index (χ4n) is 0.411. The van der Waals surface area contributed by atoms with E-state index in [0.29, 0.717) is 6.61 Å². The van der Waals surface area contributed by atoms with Gasteiger partial charge in [-0.15, -0.1) is 0 Å². The third kappa shape index (κ3) is 5.92. The highest BCUT2D eigenvalue weighted by Gasteiger charge is 2.38. The van der Waals surface area contributed by atoms with Gasteiger partial charge in [0.1, 0.15) is 6.61 Å². The van der Waals surface area contributed by atoms with E-state index >= 15 is 0 Å². The quantitative estimate of drug-likeness (QED) is 0.627. The maximum absolute atomic E-state index is 10.6. The first-order chi connectivity index (χ1) is 6.34. The second-order valence-corrected chi connectivity index (χ2v) is 2.18. The fourth-order valence-corrected chi connectivity index (χ4v) is 0.411. The second-order valence-electron chi connectivity index (χ2n) is 2.18. The van der Waals surface area contributed by atoms with Crippen molar-refractivity contribution in [3.05, 3.63) is 24.1 Å². The summed E-state index contributed by atoms with van der Waals surface area (Å²) in [6.07, 6.45) is 0.138. The number of aliphatic carboxylic acids is 1. The molecule has 1 rings (SSSR count).